The first-order valence-electron chi connectivity index (χ1n) is 6.58. The van der Waals surface area contributed by atoms with Crippen LogP contribution in [0.3, 0.4) is 0 Å². The summed E-state index contributed by atoms with van der Waals surface area (Å²) in [6, 6.07) is 0.176. The molecule has 110 valence electrons. The zero-order valence-electron chi connectivity index (χ0n) is 13.0. The molecular weight excluding hydrogens is 248 g/mol. The number of halogens is 1. The van der Waals surface area contributed by atoms with E-state index < -0.39 is 0 Å². The maximum atomic E-state index is 12.2. The molecule has 0 aromatic rings. The first kappa shape index (κ1) is 20.0. The van der Waals surface area contributed by atoms with Crippen molar-refractivity contribution in [3.63, 3.8) is 0 Å². The molecule has 0 radical (unpaired) electrons. The van der Waals surface area contributed by atoms with E-state index in [0.717, 1.165) is 13.0 Å². The van der Waals surface area contributed by atoms with E-state index in [1.54, 1.807) is 0 Å². The molecule has 2 unspecified atom stereocenters. The average Bonchev–Trinajstić information content (AvgIpc) is 2.21. The Morgan fingerprint density at radius 1 is 1.22 bits per heavy atom. The van der Waals surface area contributed by atoms with Gasteiger partial charge in [0.05, 0.1) is 0 Å². The number of carbonyl (C=O) groups is 1. The van der Waals surface area contributed by atoms with Gasteiger partial charge in [0.2, 0.25) is 5.91 Å². The van der Waals surface area contributed by atoms with Gasteiger partial charge < -0.3 is 10.6 Å². The van der Waals surface area contributed by atoms with Crippen LogP contribution in [-0.2, 0) is 4.79 Å². The van der Waals surface area contributed by atoms with Crippen molar-refractivity contribution >= 4 is 18.3 Å². The Labute approximate surface area is 119 Å². The number of hydrogen-bond acceptors (Lipinski definition) is 2. The zero-order chi connectivity index (χ0) is 13.8. The number of hydrogen-bond donors (Lipinski definition) is 1. The average molecular weight is 279 g/mol. The topological polar surface area (TPSA) is 46.3 Å². The summed E-state index contributed by atoms with van der Waals surface area (Å²) < 4.78 is 0. The van der Waals surface area contributed by atoms with Gasteiger partial charge in [-0.2, -0.15) is 0 Å². The summed E-state index contributed by atoms with van der Waals surface area (Å²) in [4.78, 5) is 14.0. The monoisotopic (exact) mass is 278 g/mol. The van der Waals surface area contributed by atoms with E-state index in [1.807, 2.05) is 18.9 Å². The van der Waals surface area contributed by atoms with E-state index in [9.17, 15) is 4.79 Å². The van der Waals surface area contributed by atoms with Crippen LogP contribution in [-0.4, -0.2) is 30.4 Å². The number of nitrogens with zero attached hydrogens (tertiary/aromatic N) is 1. The molecule has 0 heterocycles. The van der Waals surface area contributed by atoms with Gasteiger partial charge in [-0.3, -0.25) is 4.79 Å². The van der Waals surface area contributed by atoms with Gasteiger partial charge >= 0.3 is 0 Å². The molecule has 18 heavy (non-hydrogen) atoms. The van der Waals surface area contributed by atoms with Gasteiger partial charge in [-0.15, -0.1) is 12.4 Å². The van der Waals surface area contributed by atoms with Gasteiger partial charge in [0.1, 0.15) is 0 Å². The first-order chi connectivity index (χ1) is 7.57. The summed E-state index contributed by atoms with van der Waals surface area (Å²) in [7, 11) is 1.87. The second-order valence-electron chi connectivity index (χ2n) is 6.54. The predicted octanol–water partition coefficient (Wildman–Crippen LogP) is 2.92. The Kier molecular flexibility index (Phi) is 8.91. The fourth-order valence-corrected chi connectivity index (χ4v) is 1.49. The highest BCUT2D eigenvalue weighted by molar-refractivity contribution is 5.85. The third-order valence-electron chi connectivity index (χ3n) is 3.70. The van der Waals surface area contributed by atoms with Crippen LogP contribution in [0.15, 0.2) is 0 Å². The minimum absolute atomic E-state index is 0. The van der Waals surface area contributed by atoms with E-state index in [4.69, 9.17) is 5.73 Å². The van der Waals surface area contributed by atoms with Crippen molar-refractivity contribution in [2.45, 2.75) is 54.0 Å². The molecule has 0 aromatic heterocycles. The van der Waals surface area contributed by atoms with Crippen molar-refractivity contribution in [1.82, 2.24) is 4.90 Å². The van der Waals surface area contributed by atoms with Crippen molar-refractivity contribution in [2.75, 3.05) is 13.6 Å². The molecular formula is C14H31ClN2O. The number of nitrogens with two attached hydrogens (primary N) is 1. The summed E-state index contributed by atoms with van der Waals surface area (Å²) in [5, 5.41) is 0. The Hall–Kier alpha value is -0.280. The summed E-state index contributed by atoms with van der Waals surface area (Å²) in [5.74, 6) is 0.731. The molecule has 0 bridgehead atoms. The Morgan fingerprint density at radius 3 is 2.00 bits per heavy atom. The fraction of sp³-hybridized carbons (Fsp3) is 0.929. The molecule has 0 spiro atoms. The lowest BCUT2D eigenvalue weighted by molar-refractivity contribution is -0.137. The molecule has 0 aliphatic heterocycles. The highest BCUT2D eigenvalue weighted by atomic mass is 35.5. The molecule has 0 saturated carbocycles. The standard InChI is InChI=1S/C14H30N2O.ClH/c1-10(2)12(15)8-9-16(7)13(17)11(3)14(4,5)6;/h10-12H,8-9,15H2,1-7H3;1H. The van der Waals surface area contributed by atoms with Crippen molar-refractivity contribution < 1.29 is 4.79 Å². The van der Waals surface area contributed by atoms with Crippen LogP contribution in [0.4, 0.5) is 0 Å². The maximum Gasteiger partial charge on any atom is 0.225 e. The Morgan fingerprint density at radius 2 is 1.67 bits per heavy atom. The van der Waals surface area contributed by atoms with Crippen molar-refractivity contribution in [2.24, 2.45) is 23.0 Å². The lowest BCUT2D eigenvalue weighted by Gasteiger charge is -2.31. The minimum Gasteiger partial charge on any atom is -0.345 e. The second kappa shape index (κ2) is 8.00. The van der Waals surface area contributed by atoms with Crippen LogP contribution in [0.2, 0.25) is 0 Å². The lowest BCUT2D eigenvalue weighted by Crippen LogP contribution is -2.40. The zero-order valence-corrected chi connectivity index (χ0v) is 13.8. The Bertz CT molecular complexity index is 249. The lowest BCUT2D eigenvalue weighted by atomic mass is 9.81. The molecule has 0 aliphatic rings. The van der Waals surface area contributed by atoms with Crippen molar-refractivity contribution in [3.05, 3.63) is 0 Å². The molecule has 0 rings (SSSR count). The van der Waals surface area contributed by atoms with Crippen LogP contribution >= 0.6 is 12.4 Å². The van der Waals surface area contributed by atoms with E-state index >= 15 is 0 Å². The van der Waals surface area contributed by atoms with Crippen LogP contribution in [0, 0.1) is 17.3 Å². The number of carbonyl (C=O) groups excluding carboxylic acids is 1. The first-order valence-corrected chi connectivity index (χ1v) is 6.58. The van der Waals surface area contributed by atoms with Gasteiger partial charge in [-0.1, -0.05) is 41.5 Å². The van der Waals surface area contributed by atoms with Crippen LogP contribution in [0.5, 0.6) is 0 Å². The molecule has 1 amide bonds. The van der Waals surface area contributed by atoms with Crippen molar-refractivity contribution in [1.29, 1.82) is 0 Å². The number of amides is 1. The van der Waals surface area contributed by atoms with Crippen molar-refractivity contribution in [3.8, 4) is 0 Å². The summed E-state index contributed by atoms with van der Waals surface area (Å²) in [6.07, 6.45) is 0.872. The van der Waals surface area contributed by atoms with Gasteiger partial charge in [0.25, 0.3) is 0 Å². The summed E-state index contributed by atoms with van der Waals surface area (Å²) >= 11 is 0. The van der Waals surface area contributed by atoms with E-state index in [-0.39, 0.29) is 35.7 Å². The third-order valence-corrected chi connectivity index (χ3v) is 3.70. The molecule has 0 saturated heterocycles. The SMILES string of the molecule is CC(C)C(N)CCN(C)C(=O)C(C)C(C)(C)C.Cl. The van der Waals surface area contributed by atoms with Crippen LogP contribution < -0.4 is 5.73 Å². The molecule has 2 atom stereocenters. The van der Waals surface area contributed by atoms with Crippen LogP contribution in [0.25, 0.3) is 0 Å². The largest absolute Gasteiger partial charge is 0.345 e. The molecule has 2 N–H and O–H groups in total. The minimum atomic E-state index is 0. The molecule has 0 aliphatic carbocycles. The van der Waals surface area contributed by atoms with E-state index in [1.165, 1.54) is 0 Å². The van der Waals surface area contributed by atoms with Gasteiger partial charge in [0.15, 0.2) is 0 Å². The highest BCUT2D eigenvalue weighted by Gasteiger charge is 2.28. The summed E-state index contributed by atoms with van der Waals surface area (Å²) in [6.45, 7) is 13.3. The highest BCUT2D eigenvalue weighted by Crippen LogP contribution is 2.26. The fourth-order valence-electron chi connectivity index (χ4n) is 1.49. The predicted molar refractivity (Wildman–Crippen MR) is 80.9 cm³/mol. The molecule has 0 aromatic carbocycles. The quantitative estimate of drug-likeness (QED) is 0.840. The third kappa shape index (κ3) is 6.60. The van der Waals surface area contributed by atoms with Gasteiger partial charge in [0, 0.05) is 25.6 Å². The number of rotatable bonds is 5. The Balaban J connectivity index is 0. The molecule has 3 nitrogen and oxygen atoms in total. The van der Waals surface area contributed by atoms with E-state index in [0.29, 0.717) is 5.92 Å². The van der Waals surface area contributed by atoms with Crippen LogP contribution in [0.1, 0.15) is 48.0 Å². The normalized spacial score (nSPS) is 14.9. The summed E-state index contributed by atoms with van der Waals surface area (Å²) in [5.41, 5.74) is 6.01. The van der Waals surface area contributed by atoms with E-state index in [2.05, 4.69) is 34.6 Å². The van der Waals surface area contributed by atoms with Gasteiger partial charge in [-0.25, -0.2) is 0 Å². The van der Waals surface area contributed by atoms with Gasteiger partial charge in [-0.05, 0) is 17.8 Å². The molecule has 0 fully saturated rings. The smallest absolute Gasteiger partial charge is 0.225 e. The second-order valence-corrected chi connectivity index (χ2v) is 6.54. The maximum absolute atomic E-state index is 12.2. The molecule has 4 heteroatoms.